The third-order valence-electron chi connectivity index (χ3n) is 4.02. The van der Waals surface area contributed by atoms with E-state index in [4.69, 9.17) is 9.47 Å². The Hall–Kier alpha value is -2.57. The summed E-state index contributed by atoms with van der Waals surface area (Å²) in [4.78, 5) is 37.0. The van der Waals surface area contributed by atoms with Gasteiger partial charge in [-0.25, -0.2) is 0 Å². The Morgan fingerprint density at radius 3 is 2.80 bits per heavy atom. The van der Waals surface area contributed by atoms with Gasteiger partial charge < -0.3 is 19.7 Å². The Morgan fingerprint density at radius 1 is 1.20 bits per heavy atom. The van der Waals surface area contributed by atoms with Gasteiger partial charge in [-0.2, -0.15) is 0 Å². The fourth-order valence-corrected chi connectivity index (χ4v) is 2.65. The van der Waals surface area contributed by atoms with Crippen LogP contribution >= 0.6 is 0 Å². The van der Waals surface area contributed by atoms with E-state index in [9.17, 15) is 14.4 Å². The molecule has 1 saturated heterocycles. The molecule has 7 heteroatoms. The van der Waals surface area contributed by atoms with E-state index < -0.39 is 11.9 Å². The lowest BCUT2D eigenvalue weighted by Gasteiger charge is -2.19. The Kier molecular flexibility index (Phi) is 7.25. The van der Waals surface area contributed by atoms with Gasteiger partial charge in [0.1, 0.15) is 12.3 Å². The Labute approximate surface area is 147 Å². The summed E-state index contributed by atoms with van der Waals surface area (Å²) in [6.45, 7) is 0.383. The number of hydrogen-bond acceptors (Lipinski definition) is 5. The van der Waals surface area contributed by atoms with Gasteiger partial charge in [-0.3, -0.25) is 14.4 Å². The second-order valence-corrected chi connectivity index (χ2v) is 5.88. The molecule has 1 aliphatic rings. The van der Waals surface area contributed by atoms with Gasteiger partial charge in [0.15, 0.2) is 6.61 Å². The number of carbonyl (C=O) groups excluding carboxylic acids is 3. The zero-order chi connectivity index (χ0) is 18.1. The summed E-state index contributed by atoms with van der Waals surface area (Å²) in [7, 11) is 1.56. The van der Waals surface area contributed by atoms with Crippen LogP contribution in [0.5, 0.6) is 5.75 Å². The summed E-state index contributed by atoms with van der Waals surface area (Å²) in [5.74, 6) is -0.321. The number of methoxy groups -OCH3 is 1. The lowest BCUT2D eigenvalue weighted by atomic mass is 10.2. The smallest absolute Gasteiger partial charge is 0.326 e. The predicted molar refractivity (Wildman–Crippen MR) is 90.8 cm³/mol. The number of benzene rings is 1. The molecule has 0 aliphatic carbocycles. The van der Waals surface area contributed by atoms with Crippen molar-refractivity contribution in [2.75, 3.05) is 26.8 Å². The number of amides is 2. The summed E-state index contributed by atoms with van der Waals surface area (Å²) in [6.07, 6.45) is 3.20. The molecule has 1 heterocycles. The van der Waals surface area contributed by atoms with Crippen molar-refractivity contribution < 1.29 is 23.9 Å². The lowest BCUT2D eigenvalue weighted by molar-refractivity contribution is -0.152. The predicted octanol–water partition coefficient (Wildman–Crippen LogP) is 1.26. The van der Waals surface area contributed by atoms with Crippen molar-refractivity contribution in [3.63, 3.8) is 0 Å². The average molecular weight is 348 g/mol. The van der Waals surface area contributed by atoms with E-state index >= 15 is 0 Å². The van der Waals surface area contributed by atoms with E-state index in [-0.39, 0.29) is 25.6 Å². The maximum atomic E-state index is 11.8. The molecule has 0 atom stereocenters. The van der Waals surface area contributed by atoms with Gasteiger partial charge in [-0.1, -0.05) is 24.6 Å². The maximum absolute atomic E-state index is 11.8. The highest BCUT2D eigenvalue weighted by Gasteiger charge is 2.20. The summed E-state index contributed by atoms with van der Waals surface area (Å²) in [5.41, 5.74) is 0.833. The number of nitrogens with one attached hydrogen (secondary N) is 1. The average Bonchev–Trinajstić information content (AvgIpc) is 2.83. The van der Waals surface area contributed by atoms with Gasteiger partial charge in [0.25, 0.3) is 5.91 Å². The topological polar surface area (TPSA) is 84.9 Å². The number of para-hydroxylation sites is 1. The molecule has 0 radical (unpaired) electrons. The molecular weight excluding hydrogens is 324 g/mol. The molecule has 1 fully saturated rings. The van der Waals surface area contributed by atoms with E-state index in [2.05, 4.69) is 5.32 Å². The number of nitrogens with zero attached hydrogens (tertiary/aromatic N) is 1. The minimum Gasteiger partial charge on any atom is -0.496 e. The minimum atomic E-state index is -0.567. The van der Waals surface area contributed by atoms with Crippen LogP contribution < -0.4 is 10.1 Å². The molecule has 25 heavy (non-hydrogen) atoms. The van der Waals surface area contributed by atoms with E-state index in [0.29, 0.717) is 18.7 Å². The highest BCUT2D eigenvalue weighted by Crippen LogP contribution is 2.16. The van der Waals surface area contributed by atoms with Crippen molar-refractivity contribution in [2.45, 2.75) is 32.2 Å². The van der Waals surface area contributed by atoms with E-state index in [1.807, 2.05) is 18.2 Å². The molecular formula is C18H24N2O5. The van der Waals surface area contributed by atoms with Crippen LogP contribution in [0.25, 0.3) is 0 Å². The third kappa shape index (κ3) is 6.10. The molecule has 1 aromatic carbocycles. The first kappa shape index (κ1) is 18.8. The van der Waals surface area contributed by atoms with E-state index in [0.717, 1.165) is 24.8 Å². The van der Waals surface area contributed by atoms with Crippen molar-refractivity contribution in [2.24, 2.45) is 0 Å². The van der Waals surface area contributed by atoms with Gasteiger partial charge in [0, 0.05) is 25.1 Å². The van der Waals surface area contributed by atoms with Crippen LogP contribution in [-0.2, 0) is 25.7 Å². The highest BCUT2D eigenvalue weighted by molar-refractivity contribution is 5.84. The second-order valence-electron chi connectivity index (χ2n) is 5.88. The largest absolute Gasteiger partial charge is 0.496 e. The molecule has 1 aromatic rings. The Bertz CT molecular complexity index is 617. The maximum Gasteiger partial charge on any atom is 0.326 e. The minimum absolute atomic E-state index is 0.0323. The lowest BCUT2D eigenvalue weighted by Crippen LogP contribution is -2.37. The van der Waals surface area contributed by atoms with Gasteiger partial charge >= 0.3 is 5.97 Å². The highest BCUT2D eigenvalue weighted by atomic mass is 16.5. The van der Waals surface area contributed by atoms with Crippen molar-refractivity contribution in [1.82, 2.24) is 10.2 Å². The number of esters is 1. The molecule has 0 spiro atoms. The monoisotopic (exact) mass is 348 g/mol. The number of likely N-dealkylation sites (tertiary alicyclic amines) is 1. The molecule has 136 valence electrons. The van der Waals surface area contributed by atoms with E-state index in [1.165, 1.54) is 4.90 Å². The molecule has 0 bridgehead atoms. The Morgan fingerprint density at radius 2 is 2.00 bits per heavy atom. The summed E-state index contributed by atoms with van der Waals surface area (Å²) < 4.78 is 10.2. The van der Waals surface area contributed by atoms with Gasteiger partial charge in [0.05, 0.1) is 7.11 Å². The van der Waals surface area contributed by atoms with Crippen LogP contribution in [0.4, 0.5) is 0 Å². The first-order valence-electron chi connectivity index (χ1n) is 8.42. The zero-order valence-electron chi connectivity index (χ0n) is 14.5. The van der Waals surface area contributed by atoms with Crippen molar-refractivity contribution >= 4 is 17.8 Å². The molecule has 0 aromatic heterocycles. The first-order valence-corrected chi connectivity index (χ1v) is 8.42. The van der Waals surface area contributed by atoms with Crippen LogP contribution in [-0.4, -0.2) is 49.5 Å². The fourth-order valence-electron chi connectivity index (χ4n) is 2.65. The van der Waals surface area contributed by atoms with Gasteiger partial charge in [-0.05, 0) is 18.9 Å². The number of hydrogen-bond donors (Lipinski definition) is 1. The first-order chi connectivity index (χ1) is 12.1. The summed E-state index contributed by atoms with van der Waals surface area (Å²) in [5, 5.41) is 2.67. The van der Waals surface area contributed by atoms with Crippen LogP contribution in [0.1, 0.15) is 31.2 Å². The van der Waals surface area contributed by atoms with Crippen molar-refractivity contribution in [1.29, 1.82) is 0 Å². The normalized spacial score (nSPS) is 14.6. The second kappa shape index (κ2) is 9.66. The van der Waals surface area contributed by atoms with Crippen molar-refractivity contribution in [3.05, 3.63) is 29.8 Å². The van der Waals surface area contributed by atoms with Crippen LogP contribution in [0.3, 0.4) is 0 Å². The Balaban J connectivity index is 1.72. The van der Waals surface area contributed by atoms with Crippen LogP contribution in [0, 0.1) is 0 Å². The van der Waals surface area contributed by atoms with Crippen molar-refractivity contribution in [3.8, 4) is 5.75 Å². The fraction of sp³-hybridized carbons (Fsp3) is 0.500. The van der Waals surface area contributed by atoms with Gasteiger partial charge in [0.2, 0.25) is 5.91 Å². The standard InChI is InChI=1S/C18H24N2O5/c1-24-15-8-5-4-7-14(15)11-19-16(21)13-25-18(23)12-20-10-6-2-3-9-17(20)22/h4-5,7-8H,2-3,6,9-13H2,1H3,(H,19,21). The molecule has 2 amide bonds. The number of carbonyl (C=O) groups is 3. The van der Waals surface area contributed by atoms with Crippen LogP contribution in [0.2, 0.25) is 0 Å². The molecule has 0 saturated carbocycles. The van der Waals surface area contributed by atoms with Crippen LogP contribution in [0.15, 0.2) is 24.3 Å². The van der Waals surface area contributed by atoms with E-state index in [1.54, 1.807) is 13.2 Å². The summed E-state index contributed by atoms with van der Waals surface area (Å²) in [6, 6.07) is 7.34. The number of rotatable bonds is 7. The molecule has 7 nitrogen and oxygen atoms in total. The molecule has 1 aliphatic heterocycles. The molecule has 2 rings (SSSR count). The third-order valence-corrected chi connectivity index (χ3v) is 4.02. The molecule has 1 N–H and O–H groups in total. The summed E-state index contributed by atoms with van der Waals surface area (Å²) >= 11 is 0. The SMILES string of the molecule is COc1ccccc1CNC(=O)COC(=O)CN1CCCCCC1=O. The quantitative estimate of drug-likeness (QED) is 0.750. The zero-order valence-corrected chi connectivity index (χ0v) is 14.5. The van der Waals surface area contributed by atoms with Gasteiger partial charge in [-0.15, -0.1) is 0 Å². The number of ether oxygens (including phenoxy) is 2. The molecule has 0 unspecified atom stereocenters.